The standard InChI is InChI=1S/C32H32N4O4/c1-4-5-21-36-23(3)30(22(2)35-36)34-31(38)26-16-10-11-17-27(26)33-29(37)20-19-24-13-9-12-18-28(24)40-32(39)25-14-7-6-8-15-25/h6-20H,4-5,21H2,1-3H3,(H,33,37)(H,34,38)/b20-19+. The number of anilines is 2. The molecule has 4 rings (SSSR count). The van der Waals surface area contributed by atoms with Crippen molar-refractivity contribution in [3.63, 3.8) is 0 Å². The minimum atomic E-state index is -0.493. The van der Waals surface area contributed by atoms with Gasteiger partial charge in [0.05, 0.1) is 33.9 Å². The highest BCUT2D eigenvalue weighted by Gasteiger charge is 2.18. The molecule has 3 aromatic carbocycles. The van der Waals surface area contributed by atoms with Gasteiger partial charge < -0.3 is 15.4 Å². The maximum Gasteiger partial charge on any atom is 0.343 e. The summed E-state index contributed by atoms with van der Waals surface area (Å²) in [4.78, 5) is 38.6. The van der Waals surface area contributed by atoms with Crippen LogP contribution < -0.4 is 15.4 Å². The molecule has 2 N–H and O–H groups in total. The smallest absolute Gasteiger partial charge is 0.343 e. The number of nitrogens with zero attached hydrogens (tertiary/aromatic N) is 2. The normalized spacial score (nSPS) is 10.9. The Hall–Kier alpha value is -4.98. The van der Waals surface area contributed by atoms with Crippen molar-refractivity contribution in [1.29, 1.82) is 0 Å². The minimum Gasteiger partial charge on any atom is -0.422 e. The van der Waals surface area contributed by atoms with E-state index in [1.54, 1.807) is 78.9 Å². The molecule has 204 valence electrons. The zero-order valence-electron chi connectivity index (χ0n) is 22.8. The summed E-state index contributed by atoms with van der Waals surface area (Å²) in [5.74, 6) is -0.957. The third kappa shape index (κ3) is 6.91. The van der Waals surface area contributed by atoms with Crippen LogP contribution in [-0.4, -0.2) is 27.6 Å². The van der Waals surface area contributed by atoms with E-state index in [4.69, 9.17) is 4.74 Å². The Morgan fingerprint density at radius 2 is 1.60 bits per heavy atom. The Morgan fingerprint density at radius 1 is 0.900 bits per heavy atom. The number of unbranched alkanes of at least 4 members (excludes halogenated alkanes) is 1. The first-order valence-electron chi connectivity index (χ1n) is 13.2. The van der Waals surface area contributed by atoms with E-state index in [-0.39, 0.29) is 5.91 Å². The highest BCUT2D eigenvalue weighted by Crippen LogP contribution is 2.24. The average molecular weight is 537 g/mol. The molecule has 1 aromatic heterocycles. The number of aryl methyl sites for hydroxylation is 2. The number of carbonyl (C=O) groups is 3. The Balaban J connectivity index is 1.46. The molecular formula is C32H32N4O4. The molecule has 0 aliphatic rings. The molecule has 0 aliphatic carbocycles. The largest absolute Gasteiger partial charge is 0.422 e. The highest BCUT2D eigenvalue weighted by molar-refractivity contribution is 6.12. The second kappa shape index (κ2) is 13.2. The van der Waals surface area contributed by atoms with Crippen molar-refractivity contribution in [3.05, 3.63) is 113 Å². The average Bonchev–Trinajstić information content (AvgIpc) is 3.23. The van der Waals surface area contributed by atoms with Crippen molar-refractivity contribution in [2.45, 2.75) is 40.2 Å². The maximum absolute atomic E-state index is 13.2. The number of nitrogens with one attached hydrogen (secondary N) is 2. The molecule has 0 saturated heterocycles. The van der Waals surface area contributed by atoms with E-state index in [9.17, 15) is 14.4 Å². The van der Waals surface area contributed by atoms with Crippen LogP contribution in [0.1, 0.15) is 57.4 Å². The van der Waals surface area contributed by atoms with Crippen LogP contribution in [0.5, 0.6) is 5.75 Å². The van der Waals surface area contributed by atoms with Crippen LogP contribution in [0.15, 0.2) is 84.9 Å². The molecule has 2 amide bonds. The molecule has 8 nitrogen and oxygen atoms in total. The molecule has 4 aromatic rings. The first-order chi connectivity index (χ1) is 19.4. The van der Waals surface area contributed by atoms with Gasteiger partial charge >= 0.3 is 5.97 Å². The lowest BCUT2D eigenvalue weighted by Crippen LogP contribution is -2.17. The van der Waals surface area contributed by atoms with Crippen LogP contribution in [0.2, 0.25) is 0 Å². The summed E-state index contributed by atoms with van der Waals surface area (Å²) < 4.78 is 7.45. The van der Waals surface area contributed by atoms with Gasteiger partial charge in [-0.2, -0.15) is 5.10 Å². The Kier molecular flexibility index (Phi) is 9.25. The van der Waals surface area contributed by atoms with E-state index in [1.807, 2.05) is 24.6 Å². The minimum absolute atomic E-state index is 0.321. The summed E-state index contributed by atoms with van der Waals surface area (Å²) in [5.41, 5.74) is 3.96. The van der Waals surface area contributed by atoms with Gasteiger partial charge in [0.25, 0.3) is 5.91 Å². The fourth-order valence-electron chi connectivity index (χ4n) is 4.16. The lowest BCUT2D eigenvalue weighted by Gasteiger charge is -2.11. The Morgan fingerprint density at radius 3 is 2.38 bits per heavy atom. The van der Waals surface area contributed by atoms with Crippen molar-refractivity contribution in [3.8, 4) is 5.75 Å². The van der Waals surface area contributed by atoms with E-state index in [0.717, 1.165) is 30.8 Å². The first kappa shape index (κ1) is 28.0. The number of aromatic nitrogens is 2. The molecule has 0 spiro atoms. The van der Waals surface area contributed by atoms with Crippen LogP contribution in [0, 0.1) is 13.8 Å². The summed E-state index contributed by atoms with van der Waals surface area (Å²) in [5, 5.41) is 10.3. The molecule has 8 heteroatoms. The topological polar surface area (TPSA) is 102 Å². The predicted molar refractivity (Wildman–Crippen MR) is 157 cm³/mol. The number of benzene rings is 3. The number of hydrogen-bond acceptors (Lipinski definition) is 5. The maximum atomic E-state index is 13.2. The zero-order valence-corrected chi connectivity index (χ0v) is 22.8. The van der Waals surface area contributed by atoms with Crippen molar-refractivity contribution in [2.24, 2.45) is 0 Å². The van der Waals surface area contributed by atoms with E-state index in [1.165, 1.54) is 6.08 Å². The molecule has 0 bridgehead atoms. The quantitative estimate of drug-likeness (QED) is 0.138. The molecule has 0 radical (unpaired) electrons. The van der Waals surface area contributed by atoms with Gasteiger partial charge in [0.2, 0.25) is 5.91 Å². The number of carbonyl (C=O) groups excluding carboxylic acids is 3. The summed E-state index contributed by atoms with van der Waals surface area (Å²) in [6.45, 7) is 6.69. The van der Waals surface area contributed by atoms with Gasteiger partial charge in [-0.25, -0.2) is 4.79 Å². The third-order valence-corrected chi connectivity index (χ3v) is 6.32. The summed E-state index contributed by atoms with van der Waals surface area (Å²) in [6, 6.07) is 22.4. The van der Waals surface area contributed by atoms with Crippen LogP contribution in [0.4, 0.5) is 11.4 Å². The second-order valence-corrected chi connectivity index (χ2v) is 9.24. The van der Waals surface area contributed by atoms with E-state index < -0.39 is 11.9 Å². The molecule has 40 heavy (non-hydrogen) atoms. The summed E-state index contributed by atoms with van der Waals surface area (Å²) >= 11 is 0. The Bertz CT molecular complexity index is 1540. The van der Waals surface area contributed by atoms with Gasteiger partial charge in [0.15, 0.2) is 0 Å². The zero-order chi connectivity index (χ0) is 28.5. The number of para-hydroxylation sites is 2. The molecule has 0 unspecified atom stereocenters. The first-order valence-corrected chi connectivity index (χ1v) is 13.2. The fraction of sp³-hybridized carbons (Fsp3) is 0.188. The number of rotatable bonds is 10. The van der Waals surface area contributed by atoms with Gasteiger partial charge in [-0.1, -0.05) is 61.9 Å². The molecule has 0 fully saturated rings. The van der Waals surface area contributed by atoms with Crippen LogP contribution >= 0.6 is 0 Å². The number of esters is 1. The fourth-order valence-corrected chi connectivity index (χ4v) is 4.16. The lowest BCUT2D eigenvalue weighted by atomic mass is 10.1. The van der Waals surface area contributed by atoms with Gasteiger partial charge in [-0.05, 0) is 56.7 Å². The van der Waals surface area contributed by atoms with Gasteiger partial charge in [-0.15, -0.1) is 0 Å². The SMILES string of the molecule is CCCCn1nc(C)c(NC(=O)c2ccccc2NC(=O)/C=C/c2ccccc2OC(=O)c2ccccc2)c1C. The van der Waals surface area contributed by atoms with Gasteiger partial charge in [0.1, 0.15) is 5.75 Å². The van der Waals surface area contributed by atoms with Crippen molar-refractivity contribution in [1.82, 2.24) is 9.78 Å². The number of amides is 2. The number of ether oxygens (including phenoxy) is 1. The Labute approximate surface area is 233 Å². The van der Waals surface area contributed by atoms with Crippen LogP contribution in [0.25, 0.3) is 6.08 Å². The summed E-state index contributed by atoms with van der Waals surface area (Å²) in [6.07, 6.45) is 4.93. The van der Waals surface area contributed by atoms with Gasteiger partial charge in [-0.3, -0.25) is 14.3 Å². The second-order valence-electron chi connectivity index (χ2n) is 9.24. The lowest BCUT2D eigenvalue weighted by molar-refractivity contribution is -0.111. The summed E-state index contributed by atoms with van der Waals surface area (Å²) in [7, 11) is 0. The van der Waals surface area contributed by atoms with E-state index >= 15 is 0 Å². The van der Waals surface area contributed by atoms with E-state index in [0.29, 0.717) is 33.8 Å². The van der Waals surface area contributed by atoms with Crippen LogP contribution in [0.3, 0.4) is 0 Å². The van der Waals surface area contributed by atoms with Crippen molar-refractivity contribution in [2.75, 3.05) is 10.6 Å². The van der Waals surface area contributed by atoms with Crippen LogP contribution in [-0.2, 0) is 11.3 Å². The number of hydrogen-bond donors (Lipinski definition) is 2. The van der Waals surface area contributed by atoms with Gasteiger partial charge in [0, 0.05) is 18.2 Å². The van der Waals surface area contributed by atoms with Crippen molar-refractivity contribution >= 4 is 35.2 Å². The van der Waals surface area contributed by atoms with E-state index in [2.05, 4.69) is 22.7 Å². The highest BCUT2D eigenvalue weighted by atomic mass is 16.5. The molecule has 0 aliphatic heterocycles. The molecular weight excluding hydrogens is 504 g/mol. The van der Waals surface area contributed by atoms with Crippen molar-refractivity contribution < 1.29 is 19.1 Å². The molecule has 0 atom stereocenters. The third-order valence-electron chi connectivity index (χ3n) is 6.32. The molecule has 1 heterocycles. The monoisotopic (exact) mass is 536 g/mol. The molecule has 0 saturated carbocycles. The predicted octanol–water partition coefficient (Wildman–Crippen LogP) is 6.42.